The van der Waals surface area contributed by atoms with Gasteiger partial charge in [0.05, 0.1) is 32.6 Å². The molecule has 0 aliphatic rings. The van der Waals surface area contributed by atoms with Gasteiger partial charge in [-0.2, -0.15) is 0 Å². The molecule has 34 nitrogen and oxygen atoms in total. The summed E-state index contributed by atoms with van der Waals surface area (Å²) in [5.41, 5.74) is 20.1. The first-order chi connectivity index (χ1) is 36.1. The van der Waals surface area contributed by atoms with Crippen molar-refractivity contribution >= 4 is 112 Å². The second kappa shape index (κ2) is 34.2. The van der Waals surface area contributed by atoms with Crippen LogP contribution in [0, 0.1) is 0 Å². The van der Waals surface area contributed by atoms with Crippen molar-refractivity contribution in [2.45, 2.75) is 102 Å². The summed E-state index contributed by atoms with van der Waals surface area (Å²) in [6.45, 7) is 2.29. The standard InChI is InChI=1S/C42H62N18O16S/c1-19(51-35(70)20(2)52-36(71)21(3)53-37(72)22(4)54-42(77)55-23-7-9-24(10-8-23)59-60-45)34(69)49-16-29(62)47-15-28(61)48-17-30(63)56-26(11-12-32(65)66)39(74)58-25(6-5-13-46-41(43)44)38(73)50-18-31(64)57-27(40(75)76)14-33(67)68/h7-10,19-22,25-27H,5-6,11-18H2,1-4H3,(H,47,62)(H,48,61)(H,49,69)(H,50,73)(H,51,70)(H,52,71)(H,53,72)(H,56,63)(H,57,64)(H,58,74)(H,65,66)(H,67,68)(H,75,76)(H4,43,44,46)(H2,54,55,77)/t19-,20-,21-,22-,25-,26-,27-/m0/s1. The molecule has 0 radical (unpaired) electrons. The van der Waals surface area contributed by atoms with Crippen molar-refractivity contribution in [1.82, 2.24) is 58.5 Å². The quantitative estimate of drug-likeness (QED) is 0.00593. The summed E-state index contributed by atoms with van der Waals surface area (Å²) >= 11 is 5.22. The number of benzene rings is 1. The number of hydrogen-bond donors (Lipinski definition) is 17. The van der Waals surface area contributed by atoms with E-state index in [9.17, 15) is 67.4 Å². The van der Waals surface area contributed by atoms with Crippen molar-refractivity contribution in [3.63, 3.8) is 0 Å². The zero-order chi connectivity index (χ0) is 58.4. The van der Waals surface area contributed by atoms with Gasteiger partial charge < -0.3 is 90.6 Å². The Labute approximate surface area is 443 Å². The van der Waals surface area contributed by atoms with Gasteiger partial charge in [0.2, 0.25) is 59.1 Å². The Morgan fingerprint density at radius 2 is 1.01 bits per heavy atom. The molecule has 0 aliphatic heterocycles. The van der Waals surface area contributed by atoms with Crippen LogP contribution in [-0.2, 0) is 62.3 Å². The highest BCUT2D eigenvalue weighted by Crippen LogP contribution is 2.16. The maximum atomic E-state index is 13.3. The molecule has 0 heterocycles. The number of aliphatic carboxylic acids is 3. The van der Waals surface area contributed by atoms with Crippen molar-refractivity contribution in [1.29, 1.82) is 0 Å². The number of carboxylic acids is 3. The fourth-order valence-corrected chi connectivity index (χ4v) is 6.14. The third-order valence-corrected chi connectivity index (χ3v) is 10.1. The highest BCUT2D eigenvalue weighted by Gasteiger charge is 2.30. The van der Waals surface area contributed by atoms with Crippen LogP contribution in [0.5, 0.6) is 0 Å². The molecule has 0 aliphatic carbocycles. The van der Waals surface area contributed by atoms with Crippen LogP contribution in [0.4, 0.5) is 11.4 Å². The minimum atomic E-state index is -1.84. The number of carbonyl (C=O) groups is 13. The van der Waals surface area contributed by atoms with Gasteiger partial charge >= 0.3 is 17.9 Å². The zero-order valence-corrected chi connectivity index (χ0v) is 42.7. The first-order valence-electron chi connectivity index (χ1n) is 23.0. The van der Waals surface area contributed by atoms with Crippen molar-refractivity contribution in [3.05, 3.63) is 34.7 Å². The molecular weight excluding hydrogens is 1040 g/mol. The summed E-state index contributed by atoms with van der Waals surface area (Å²) in [5.74, 6) is -14.0. The van der Waals surface area contributed by atoms with Crippen LogP contribution in [-0.4, -0.2) is 178 Å². The Bertz CT molecular complexity index is 2430. The molecule has 0 unspecified atom stereocenters. The van der Waals surface area contributed by atoms with E-state index in [0.29, 0.717) is 11.4 Å². The van der Waals surface area contributed by atoms with E-state index in [4.69, 9.17) is 39.4 Å². The first-order valence-corrected chi connectivity index (χ1v) is 23.4. The molecule has 19 N–H and O–H groups in total. The van der Waals surface area contributed by atoms with Crippen LogP contribution in [0.15, 0.2) is 34.4 Å². The molecule has 0 bridgehead atoms. The molecule has 35 heteroatoms. The Morgan fingerprint density at radius 3 is 1.51 bits per heavy atom. The number of hydrogen-bond acceptors (Lipinski definition) is 16. The smallest absolute Gasteiger partial charge is 0.326 e. The number of nitrogens with two attached hydrogens (primary N) is 2. The third-order valence-electron chi connectivity index (χ3n) is 9.91. The minimum absolute atomic E-state index is 0.0424. The molecule has 10 amide bonds. The largest absolute Gasteiger partial charge is 0.481 e. The minimum Gasteiger partial charge on any atom is -0.481 e. The van der Waals surface area contributed by atoms with Crippen molar-refractivity contribution in [3.8, 4) is 0 Å². The molecule has 7 atom stereocenters. The summed E-state index contributed by atoms with van der Waals surface area (Å²) in [6.07, 6.45) is -2.32. The number of carboxylic acid groups (broad SMARTS) is 3. The van der Waals surface area contributed by atoms with Crippen LogP contribution in [0.1, 0.15) is 59.8 Å². The second-order valence-electron chi connectivity index (χ2n) is 16.4. The van der Waals surface area contributed by atoms with Crippen LogP contribution in [0.2, 0.25) is 0 Å². The van der Waals surface area contributed by atoms with E-state index in [1.54, 1.807) is 24.3 Å². The highest BCUT2D eigenvalue weighted by molar-refractivity contribution is 7.80. The van der Waals surface area contributed by atoms with Gasteiger partial charge in [-0.3, -0.25) is 62.5 Å². The van der Waals surface area contributed by atoms with Gasteiger partial charge in [-0.1, -0.05) is 17.2 Å². The van der Waals surface area contributed by atoms with E-state index >= 15 is 0 Å². The van der Waals surface area contributed by atoms with E-state index in [-0.39, 0.29) is 30.5 Å². The lowest BCUT2D eigenvalue weighted by Gasteiger charge is -2.23. The Morgan fingerprint density at radius 1 is 0.558 bits per heavy atom. The highest BCUT2D eigenvalue weighted by atomic mass is 32.1. The summed E-state index contributed by atoms with van der Waals surface area (Å²) < 4.78 is 0. The lowest BCUT2D eigenvalue weighted by molar-refractivity contribution is -0.147. The fourth-order valence-electron chi connectivity index (χ4n) is 5.84. The maximum Gasteiger partial charge on any atom is 0.326 e. The lowest BCUT2D eigenvalue weighted by Crippen LogP contribution is -2.56. The molecule has 0 aromatic heterocycles. The number of guanidine groups is 1. The van der Waals surface area contributed by atoms with E-state index in [1.165, 1.54) is 27.7 Å². The van der Waals surface area contributed by atoms with E-state index in [1.807, 2.05) is 5.32 Å². The number of azide groups is 1. The number of aliphatic imine (C=N–C) groups is 1. The molecule has 77 heavy (non-hydrogen) atoms. The maximum absolute atomic E-state index is 13.3. The van der Waals surface area contributed by atoms with Gasteiger partial charge in [-0.25, -0.2) is 4.79 Å². The molecule has 422 valence electrons. The lowest BCUT2D eigenvalue weighted by atomic mass is 10.1. The van der Waals surface area contributed by atoms with Crippen LogP contribution < -0.4 is 75.3 Å². The zero-order valence-electron chi connectivity index (χ0n) is 41.9. The number of rotatable bonds is 33. The van der Waals surface area contributed by atoms with E-state index in [0.717, 1.165) is 0 Å². The third kappa shape index (κ3) is 28.0. The van der Waals surface area contributed by atoms with Crippen molar-refractivity contribution in [2.24, 2.45) is 21.6 Å². The normalized spacial score (nSPS) is 13.0. The molecule has 0 saturated heterocycles. The molecule has 0 saturated carbocycles. The van der Waals surface area contributed by atoms with Gasteiger partial charge in [-0.15, -0.1) is 0 Å². The average molecular weight is 1110 g/mol. The van der Waals surface area contributed by atoms with Crippen molar-refractivity contribution < 1.29 is 77.6 Å². The molecule has 1 rings (SSSR count). The number of nitrogens with one attached hydrogen (secondary N) is 12. The first kappa shape index (κ1) is 65.6. The van der Waals surface area contributed by atoms with Crippen LogP contribution in [0.25, 0.3) is 10.4 Å². The van der Waals surface area contributed by atoms with Gasteiger partial charge in [0.1, 0.15) is 42.3 Å². The number of carbonyl (C=O) groups excluding carboxylic acids is 10. The number of amides is 10. The summed E-state index contributed by atoms with van der Waals surface area (Å²) in [5, 5.41) is 58.8. The number of thiocarbonyl (C=S) groups is 1. The predicted octanol–water partition coefficient (Wildman–Crippen LogP) is -5.79. The van der Waals surface area contributed by atoms with Gasteiger partial charge in [-0.05, 0) is 76.8 Å². The average Bonchev–Trinajstić information content (AvgIpc) is 3.35. The van der Waals surface area contributed by atoms with Crippen LogP contribution in [0.3, 0.4) is 0 Å². The fraction of sp³-hybridized carbons (Fsp3) is 0.500. The number of anilines is 1. The predicted molar refractivity (Wildman–Crippen MR) is 271 cm³/mol. The molecule has 1 aromatic carbocycles. The molecule has 0 fully saturated rings. The van der Waals surface area contributed by atoms with E-state index in [2.05, 4.69) is 73.5 Å². The molecule has 1 aromatic rings. The number of nitrogens with zero attached hydrogens (tertiary/aromatic N) is 4. The summed E-state index contributed by atoms with van der Waals surface area (Å²) in [6, 6.07) is -3.17. The Balaban J connectivity index is 2.66. The second-order valence-corrected chi connectivity index (χ2v) is 16.8. The molecular formula is C42H62N18O16S. The van der Waals surface area contributed by atoms with E-state index < -0.39 is 165 Å². The van der Waals surface area contributed by atoms with Crippen LogP contribution >= 0.6 is 12.2 Å². The Hall–Kier alpha value is -9.40. The van der Waals surface area contributed by atoms with Gasteiger partial charge in [0, 0.05) is 29.3 Å². The summed E-state index contributed by atoms with van der Waals surface area (Å²) in [4.78, 5) is 167. The topological polar surface area (TPSA) is 540 Å². The van der Waals surface area contributed by atoms with Gasteiger partial charge in [0.25, 0.3) is 0 Å². The van der Waals surface area contributed by atoms with Gasteiger partial charge in [0.15, 0.2) is 11.1 Å². The Kier molecular flexibility index (Phi) is 29.1. The summed E-state index contributed by atoms with van der Waals surface area (Å²) in [7, 11) is 0. The van der Waals surface area contributed by atoms with Crippen molar-refractivity contribution in [2.75, 3.05) is 38.0 Å². The molecule has 0 spiro atoms. The SMILES string of the molecule is C[C@H](NC(=O)[C@H](C)NC(=O)[C@H](C)NC(=O)[C@H](C)NC(=S)Nc1ccc(N=[N+]=[N-])cc1)C(=O)NCC(=O)NCC(=O)NCC(=O)N[C@@H](CCC(=O)O)C(=O)N[C@@H](CCCN=C(N)N)C(=O)NCC(=O)N[C@@H](CC(=O)O)C(=O)O. The monoisotopic (exact) mass is 1110 g/mol.